The number of hydrogen-bond acceptors (Lipinski definition) is 5. The maximum Gasteiger partial charge on any atom is 0.265 e. The molecule has 6 nitrogen and oxygen atoms in total. The number of piperidine rings is 1. The number of rotatable bonds is 7. The largest absolute Gasteiger partial charge is 0.285 e. The van der Waals surface area contributed by atoms with Gasteiger partial charge < -0.3 is 0 Å². The van der Waals surface area contributed by atoms with Crippen LogP contribution in [0.25, 0.3) is 0 Å². The molecule has 2 fully saturated rings. The molecule has 0 aliphatic carbocycles. The van der Waals surface area contributed by atoms with E-state index in [1.807, 2.05) is 71.7 Å². The lowest BCUT2D eigenvalue weighted by atomic mass is 9.89. The minimum Gasteiger partial charge on any atom is -0.285 e. The van der Waals surface area contributed by atoms with E-state index in [9.17, 15) is 13.2 Å². The van der Waals surface area contributed by atoms with E-state index in [1.54, 1.807) is 12.1 Å². The zero-order valence-corrected chi connectivity index (χ0v) is 24.0. The van der Waals surface area contributed by atoms with Crippen LogP contribution < -0.4 is 5.43 Å². The minimum atomic E-state index is -3.44. The number of benzene rings is 3. The SMILES string of the molecule is CS(=O)(=O)C(=C1CN(C(c2ccc(Cl)cc2)c2ccc(Cl)cc2)C1)C1CCCN(NC(=O)c2ccccc2)C1. The molecule has 1 unspecified atom stereocenters. The van der Waals surface area contributed by atoms with Gasteiger partial charge in [0.05, 0.1) is 10.9 Å². The van der Waals surface area contributed by atoms with Gasteiger partial charge >= 0.3 is 0 Å². The lowest BCUT2D eigenvalue weighted by molar-refractivity contribution is 0.0706. The normalized spacial score (nSPS) is 18.6. The number of likely N-dealkylation sites (tertiary alicyclic amines) is 1. The van der Waals surface area contributed by atoms with Gasteiger partial charge in [-0.05, 0) is 65.9 Å². The Morgan fingerprint density at radius 2 is 1.46 bits per heavy atom. The average molecular weight is 585 g/mol. The smallest absolute Gasteiger partial charge is 0.265 e. The van der Waals surface area contributed by atoms with Gasteiger partial charge in [0, 0.05) is 54.0 Å². The molecule has 5 rings (SSSR count). The summed E-state index contributed by atoms with van der Waals surface area (Å²) in [5.41, 5.74) is 6.64. The second kappa shape index (κ2) is 11.8. The maximum absolute atomic E-state index is 13.1. The number of carbonyl (C=O) groups excluding carboxylic acids is 1. The second-order valence-corrected chi connectivity index (χ2v) is 13.1. The molecule has 9 heteroatoms. The zero-order valence-electron chi connectivity index (χ0n) is 21.7. The fourth-order valence-corrected chi connectivity index (χ4v) is 7.33. The number of hydrazine groups is 1. The first-order valence-electron chi connectivity index (χ1n) is 13.0. The number of amides is 1. The molecule has 2 heterocycles. The fourth-order valence-electron chi connectivity index (χ4n) is 5.63. The lowest BCUT2D eigenvalue weighted by Gasteiger charge is -2.43. The summed E-state index contributed by atoms with van der Waals surface area (Å²) in [6.07, 6.45) is 2.87. The molecule has 1 N–H and O–H groups in total. The van der Waals surface area contributed by atoms with Gasteiger partial charge in [-0.3, -0.25) is 15.1 Å². The van der Waals surface area contributed by atoms with Crippen molar-refractivity contribution in [2.24, 2.45) is 5.92 Å². The van der Waals surface area contributed by atoms with Crippen LogP contribution in [0.1, 0.15) is 40.4 Å². The minimum absolute atomic E-state index is 0.0582. The van der Waals surface area contributed by atoms with Gasteiger partial charge in [-0.15, -0.1) is 0 Å². The predicted octanol–water partition coefficient (Wildman–Crippen LogP) is 5.75. The van der Waals surface area contributed by atoms with Gasteiger partial charge in [0.25, 0.3) is 5.91 Å². The molecule has 2 aliphatic heterocycles. The van der Waals surface area contributed by atoms with Crippen molar-refractivity contribution in [1.29, 1.82) is 0 Å². The lowest BCUT2D eigenvalue weighted by Crippen LogP contribution is -2.50. The Hall–Kier alpha value is -2.68. The topological polar surface area (TPSA) is 69.7 Å². The highest BCUT2D eigenvalue weighted by molar-refractivity contribution is 7.94. The van der Waals surface area contributed by atoms with Crippen molar-refractivity contribution in [3.8, 4) is 0 Å². The van der Waals surface area contributed by atoms with E-state index >= 15 is 0 Å². The molecule has 0 bridgehead atoms. The van der Waals surface area contributed by atoms with Crippen molar-refractivity contribution >= 4 is 38.9 Å². The van der Waals surface area contributed by atoms with Gasteiger partial charge in [0.15, 0.2) is 9.84 Å². The first-order valence-corrected chi connectivity index (χ1v) is 15.6. The summed E-state index contributed by atoms with van der Waals surface area (Å²) in [7, 11) is -3.44. The molecule has 0 saturated carbocycles. The summed E-state index contributed by atoms with van der Waals surface area (Å²) in [5, 5.41) is 3.19. The summed E-state index contributed by atoms with van der Waals surface area (Å²) < 4.78 is 26.2. The number of nitrogens with zero attached hydrogens (tertiary/aromatic N) is 2. The van der Waals surface area contributed by atoms with E-state index in [1.165, 1.54) is 6.26 Å². The van der Waals surface area contributed by atoms with Crippen LogP contribution >= 0.6 is 23.2 Å². The average Bonchev–Trinajstić information content (AvgIpc) is 2.89. The molecule has 1 amide bonds. The zero-order chi connectivity index (χ0) is 27.6. The Bertz CT molecular complexity index is 1410. The molecule has 2 saturated heterocycles. The van der Waals surface area contributed by atoms with Gasteiger partial charge in [-0.1, -0.05) is 65.7 Å². The summed E-state index contributed by atoms with van der Waals surface area (Å²) in [5.74, 6) is -0.361. The molecule has 204 valence electrons. The highest BCUT2D eigenvalue weighted by Crippen LogP contribution is 2.39. The second-order valence-electron chi connectivity index (χ2n) is 10.2. The van der Waals surface area contributed by atoms with E-state index in [2.05, 4.69) is 10.3 Å². The van der Waals surface area contributed by atoms with Crippen LogP contribution in [0.3, 0.4) is 0 Å². The van der Waals surface area contributed by atoms with Crippen molar-refractivity contribution in [2.45, 2.75) is 18.9 Å². The van der Waals surface area contributed by atoms with Crippen LogP contribution in [0, 0.1) is 5.92 Å². The van der Waals surface area contributed by atoms with Gasteiger partial charge in [-0.25, -0.2) is 13.4 Å². The Balaban J connectivity index is 1.37. The number of nitrogens with one attached hydrogen (secondary N) is 1. The Morgan fingerprint density at radius 1 is 0.897 bits per heavy atom. The molecular weight excluding hydrogens is 553 g/mol. The van der Waals surface area contributed by atoms with Crippen LogP contribution in [-0.2, 0) is 9.84 Å². The molecule has 0 aromatic heterocycles. The van der Waals surface area contributed by atoms with E-state index in [0.717, 1.165) is 29.5 Å². The molecule has 39 heavy (non-hydrogen) atoms. The quantitative estimate of drug-likeness (QED) is 0.383. The van der Waals surface area contributed by atoms with Crippen molar-refractivity contribution < 1.29 is 13.2 Å². The van der Waals surface area contributed by atoms with E-state index < -0.39 is 9.84 Å². The fraction of sp³-hybridized carbons (Fsp3) is 0.300. The third-order valence-electron chi connectivity index (χ3n) is 7.36. The van der Waals surface area contributed by atoms with Crippen LogP contribution in [0.2, 0.25) is 10.0 Å². The van der Waals surface area contributed by atoms with Crippen LogP contribution in [0.4, 0.5) is 0 Å². The van der Waals surface area contributed by atoms with E-state index in [-0.39, 0.29) is 17.9 Å². The molecule has 3 aromatic rings. The third-order valence-corrected chi connectivity index (χ3v) is 9.29. The first-order chi connectivity index (χ1) is 18.7. The van der Waals surface area contributed by atoms with E-state index in [0.29, 0.717) is 46.7 Å². The number of carbonyl (C=O) groups is 1. The first kappa shape index (κ1) is 27.9. The molecule has 1 atom stereocenters. The van der Waals surface area contributed by atoms with Crippen LogP contribution in [-0.4, -0.2) is 56.7 Å². The maximum atomic E-state index is 13.1. The van der Waals surface area contributed by atoms with Crippen LogP contribution in [0.15, 0.2) is 89.3 Å². The number of hydrogen-bond donors (Lipinski definition) is 1. The molecule has 2 aliphatic rings. The Labute approximate surface area is 240 Å². The number of halogens is 2. The highest BCUT2D eigenvalue weighted by atomic mass is 35.5. The van der Waals surface area contributed by atoms with Crippen molar-refractivity contribution in [2.75, 3.05) is 32.4 Å². The summed E-state index contributed by atoms with van der Waals surface area (Å²) >= 11 is 12.3. The van der Waals surface area contributed by atoms with Gasteiger partial charge in [-0.2, -0.15) is 0 Å². The molecule has 3 aromatic carbocycles. The molecule has 0 radical (unpaired) electrons. The molecule has 0 spiro atoms. The van der Waals surface area contributed by atoms with Gasteiger partial charge in [0.2, 0.25) is 0 Å². The third kappa shape index (κ3) is 6.56. The summed E-state index contributed by atoms with van der Waals surface area (Å²) in [6.45, 7) is 2.24. The Kier molecular flexibility index (Phi) is 8.45. The summed E-state index contributed by atoms with van der Waals surface area (Å²) in [4.78, 5) is 15.5. The standard InChI is InChI=1S/C30H31Cl2N3O3S/c1-39(37,38)29(24-8-5-17-35(20-24)33-30(36)23-6-3-2-4-7-23)25-18-34(19-25)28(21-9-13-26(31)14-10-21)22-11-15-27(32)16-12-22/h2-4,6-7,9-16,24,28H,5,8,17-20H2,1H3,(H,33,36). The van der Waals surface area contributed by atoms with Crippen molar-refractivity contribution in [1.82, 2.24) is 15.3 Å². The monoisotopic (exact) mass is 583 g/mol. The van der Waals surface area contributed by atoms with Crippen molar-refractivity contribution in [3.05, 3.63) is 116 Å². The van der Waals surface area contributed by atoms with Gasteiger partial charge in [0.1, 0.15) is 0 Å². The highest BCUT2D eigenvalue weighted by Gasteiger charge is 2.38. The van der Waals surface area contributed by atoms with Crippen LogP contribution in [0.5, 0.6) is 0 Å². The van der Waals surface area contributed by atoms with Crippen molar-refractivity contribution in [3.63, 3.8) is 0 Å². The van der Waals surface area contributed by atoms with E-state index in [4.69, 9.17) is 23.2 Å². The predicted molar refractivity (Wildman–Crippen MR) is 156 cm³/mol. The summed E-state index contributed by atoms with van der Waals surface area (Å²) in [6, 6.07) is 24.5. The number of sulfone groups is 1. The Morgan fingerprint density at radius 3 is 2.00 bits per heavy atom. The molecular formula is C30H31Cl2N3O3S.